The molecule has 184 valence electrons. The van der Waals surface area contributed by atoms with Gasteiger partial charge in [0.15, 0.2) is 0 Å². The summed E-state index contributed by atoms with van der Waals surface area (Å²) >= 11 is 0. The molecule has 0 aliphatic heterocycles. The molecule has 0 aliphatic rings. The third-order valence-electron chi connectivity index (χ3n) is 4.29. The van der Waals surface area contributed by atoms with E-state index in [9.17, 15) is 9.36 Å². The number of hydrogen-bond donors (Lipinski definition) is 0. The van der Waals surface area contributed by atoms with E-state index in [0.717, 1.165) is 4.90 Å². The first kappa shape index (κ1) is 25.7. The van der Waals surface area contributed by atoms with E-state index in [0.29, 0.717) is 11.4 Å². The lowest BCUT2D eigenvalue weighted by atomic mass is 10.2. The quantitative estimate of drug-likeness (QED) is 0.228. The molecule has 0 unspecified atom stereocenters. The van der Waals surface area contributed by atoms with Crippen LogP contribution in [0.5, 0.6) is 17.2 Å². The van der Waals surface area contributed by atoms with E-state index in [4.69, 9.17) is 23.0 Å². The van der Waals surface area contributed by atoms with Crippen LogP contribution in [0, 0.1) is 0 Å². The van der Waals surface area contributed by atoms with Gasteiger partial charge in [0, 0.05) is 0 Å². The molecular weight excluding hydrogens is 469 g/mol. The minimum Gasteiger partial charge on any atom is -0.497 e. The van der Waals surface area contributed by atoms with Gasteiger partial charge in [-0.05, 0) is 75.9 Å². The van der Waals surface area contributed by atoms with Crippen molar-refractivity contribution in [3.63, 3.8) is 0 Å². The van der Waals surface area contributed by atoms with E-state index in [1.807, 2.05) is 0 Å². The Morgan fingerprint density at radius 3 is 1.71 bits per heavy atom. The zero-order chi connectivity index (χ0) is 25.5. The number of hydrogen-bond acceptors (Lipinski definition) is 7. The van der Waals surface area contributed by atoms with Crippen LogP contribution < -0.4 is 18.7 Å². The third kappa shape index (κ3) is 7.55. The van der Waals surface area contributed by atoms with Crippen LogP contribution in [-0.4, -0.2) is 18.8 Å². The van der Waals surface area contributed by atoms with Crippen molar-refractivity contribution in [2.45, 2.75) is 26.4 Å². The molecule has 0 aliphatic carbocycles. The summed E-state index contributed by atoms with van der Waals surface area (Å²) in [6.45, 7) is 9.01. The largest absolute Gasteiger partial charge is 0.648 e. The van der Waals surface area contributed by atoms with Gasteiger partial charge < -0.3 is 23.0 Å². The second-order valence-electron chi connectivity index (χ2n) is 8.25. The molecule has 0 bridgehead atoms. The minimum absolute atomic E-state index is 0.243. The number of carbonyl (C=O) groups excluding carboxylic acids is 1. The normalized spacial score (nSPS) is 11.2. The van der Waals surface area contributed by atoms with E-state index in [-0.39, 0.29) is 17.4 Å². The number of amides is 1. The van der Waals surface area contributed by atoms with Gasteiger partial charge in [-0.15, -0.1) is 0 Å². The molecule has 0 heterocycles. The van der Waals surface area contributed by atoms with Crippen molar-refractivity contribution in [3.05, 3.63) is 97.4 Å². The Bertz CT molecular complexity index is 1130. The van der Waals surface area contributed by atoms with Gasteiger partial charge in [-0.3, -0.25) is 0 Å². The van der Waals surface area contributed by atoms with Gasteiger partial charge in [0.1, 0.15) is 22.8 Å². The van der Waals surface area contributed by atoms with Gasteiger partial charge in [0.2, 0.25) is 5.88 Å². The Kier molecular flexibility index (Phi) is 8.10. The monoisotopic (exact) mass is 497 g/mol. The molecule has 0 spiro atoms. The molecule has 0 aromatic heterocycles. The lowest BCUT2D eigenvalue weighted by Gasteiger charge is -2.29. The van der Waals surface area contributed by atoms with Crippen molar-refractivity contribution >= 4 is 19.6 Å². The number of ether oxygens (including phenoxy) is 2. The summed E-state index contributed by atoms with van der Waals surface area (Å²) in [5.41, 5.74) is -0.469. The van der Waals surface area contributed by atoms with Crippen LogP contribution in [-0.2, 0) is 13.8 Å². The maximum atomic E-state index is 13.8. The number of anilines is 1. The van der Waals surface area contributed by atoms with Crippen molar-refractivity contribution in [2.75, 3.05) is 12.0 Å². The van der Waals surface area contributed by atoms with Crippen molar-refractivity contribution in [3.8, 4) is 17.2 Å². The van der Waals surface area contributed by atoms with Crippen LogP contribution in [0.3, 0.4) is 0 Å². The van der Waals surface area contributed by atoms with Crippen LogP contribution in [0.15, 0.2) is 97.4 Å². The van der Waals surface area contributed by atoms with E-state index >= 15 is 0 Å². The Morgan fingerprint density at radius 2 is 1.29 bits per heavy atom. The Labute approximate surface area is 205 Å². The van der Waals surface area contributed by atoms with E-state index in [1.165, 1.54) is 7.11 Å². The van der Waals surface area contributed by atoms with Gasteiger partial charge in [-0.2, -0.15) is 4.57 Å². The summed E-state index contributed by atoms with van der Waals surface area (Å²) in [5, 5.41) is 0. The van der Waals surface area contributed by atoms with E-state index in [2.05, 4.69) is 6.58 Å². The molecule has 3 aromatic rings. The molecule has 0 radical (unpaired) electrons. The van der Waals surface area contributed by atoms with Crippen molar-refractivity contribution in [1.82, 2.24) is 0 Å². The van der Waals surface area contributed by atoms with Gasteiger partial charge >= 0.3 is 13.9 Å². The molecular formula is C26H28NO7P. The molecule has 0 atom stereocenters. The van der Waals surface area contributed by atoms with Crippen molar-refractivity contribution in [2.24, 2.45) is 0 Å². The standard InChI is InChI=1S/C26H28NO7P/c1-20(27(25(28)31-26(2,3)4)21-16-18-22(30-5)19-17-21)32-35(29,33-23-12-8-6-9-13-23)34-24-14-10-7-11-15-24/h6-19H,1H2,2-5H3. The molecule has 1 amide bonds. The van der Waals surface area contributed by atoms with Crippen LogP contribution in [0.4, 0.5) is 10.5 Å². The average molecular weight is 497 g/mol. The highest BCUT2D eigenvalue weighted by Crippen LogP contribution is 2.51. The van der Waals surface area contributed by atoms with Crippen LogP contribution >= 0.6 is 7.82 Å². The number of methoxy groups -OCH3 is 1. The second kappa shape index (κ2) is 11.0. The fourth-order valence-electron chi connectivity index (χ4n) is 2.84. The number of rotatable bonds is 9. The maximum absolute atomic E-state index is 13.8. The lowest BCUT2D eigenvalue weighted by Crippen LogP contribution is -2.36. The number of benzene rings is 3. The summed E-state index contributed by atoms with van der Waals surface area (Å²) in [6.07, 6.45) is -0.793. The van der Waals surface area contributed by atoms with Crippen molar-refractivity contribution < 1.29 is 32.4 Å². The summed E-state index contributed by atoms with van der Waals surface area (Å²) in [4.78, 5) is 14.2. The van der Waals surface area contributed by atoms with E-state index < -0.39 is 19.5 Å². The van der Waals surface area contributed by atoms with Crippen LogP contribution in [0.25, 0.3) is 0 Å². The zero-order valence-electron chi connectivity index (χ0n) is 20.0. The fraction of sp³-hybridized carbons (Fsp3) is 0.192. The number of phosphoric acid groups is 1. The average Bonchev–Trinajstić information content (AvgIpc) is 2.79. The molecule has 9 heteroatoms. The minimum atomic E-state index is -4.37. The molecule has 0 N–H and O–H groups in total. The Hall–Kier alpha value is -3.90. The number of phosphoric ester groups is 1. The first-order valence-electron chi connectivity index (χ1n) is 10.7. The molecule has 0 fully saturated rings. The van der Waals surface area contributed by atoms with Gasteiger partial charge in [0.25, 0.3) is 0 Å². The Morgan fingerprint density at radius 1 is 0.800 bits per heavy atom. The zero-order valence-corrected chi connectivity index (χ0v) is 20.9. The highest BCUT2D eigenvalue weighted by molar-refractivity contribution is 7.49. The Balaban J connectivity index is 1.95. The topological polar surface area (TPSA) is 83.5 Å². The number of carbonyl (C=O) groups is 1. The van der Waals surface area contributed by atoms with Gasteiger partial charge in [0.05, 0.1) is 12.8 Å². The molecule has 0 saturated carbocycles. The first-order chi connectivity index (χ1) is 16.6. The highest BCUT2D eigenvalue weighted by Gasteiger charge is 2.37. The molecule has 8 nitrogen and oxygen atoms in total. The third-order valence-corrected chi connectivity index (χ3v) is 5.60. The predicted molar refractivity (Wildman–Crippen MR) is 134 cm³/mol. The first-order valence-corrected chi connectivity index (χ1v) is 12.2. The van der Waals surface area contributed by atoms with Crippen molar-refractivity contribution in [1.29, 1.82) is 0 Å². The summed E-state index contributed by atoms with van der Waals surface area (Å²) < 4.78 is 41.4. The molecule has 3 aromatic carbocycles. The second-order valence-corrected chi connectivity index (χ2v) is 9.70. The summed E-state index contributed by atoms with van der Waals surface area (Å²) in [7, 11) is -2.84. The predicted octanol–water partition coefficient (Wildman–Crippen LogP) is 7.19. The van der Waals surface area contributed by atoms with E-state index in [1.54, 1.807) is 106 Å². The maximum Gasteiger partial charge on any atom is 0.648 e. The van der Waals surface area contributed by atoms with Crippen LogP contribution in [0.1, 0.15) is 20.8 Å². The van der Waals surface area contributed by atoms with Crippen LogP contribution in [0.2, 0.25) is 0 Å². The molecule has 0 saturated heterocycles. The molecule has 35 heavy (non-hydrogen) atoms. The van der Waals surface area contributed by atoms with Gasteiger partial charge in [-0.25, -0.2) is 9.69 Å². The summed E-state index contributed by atoms with van der Waals surface area (Å²) in [5.74, 6) is 0.746. The number of nitrogens with zero attached hydrogens (tertiary/aromatic N) is 1. The molecule has 3 rings (SSSR count). The summed E-state index contributed by atoms with van der Waals surface area (Å²) in [6, 6.07) is 23.3. The van der Waals surface area contributed by atoms with Gasteiger partial charge in [-0.1, -0.05) is 36.4 Å². The fourth-order valence-corrected chi connectivity index (χ4v) is 4.05. The number of para-hydroxylation sites is 2. The lowest BCUT2D eigenvalue weighted by molar-refractivity contribution is 0.0576. The highest BCUT2D eigenvalue weighted by atomic mass is 31.2. The SMILES string of the molecule is C=C(OP(=O)(Oc1ccccc1)Oc1ccccc1)N(C(=O)OC(C)(C)C)c1ccc(OC)cc1. The smallest absolute Gasteiger partial charge is 0.497 e.